The molecular formula is C16H17N2O4S2-. The molecular weight excluding hydrogens is 348 g/mol. The van der Waals surface area contributed by atoms with Crippen LogP contribution in [0.25, 0.3) is 0 Å². The smallest absolute Gasteiger partial charge is 0.256 e. The number of carboxylic acids is 1. The molecule has 1 aromatic carbocycles. The number of hydrogen-bond acceptors (Lipinski definition) is 6. The number of thioether (sulfide) groups is 2. The minimum Gasteiger partial charge on any atom is -0.548 e. The Balaban J connectivity index is 1.74. The van der Waals surface area contributed by atoms with Gasteiger partial charge in [-0.05, 0) is 30.1 Å². The lowest BCUT2D eigenvalue weighted by Gasteiger charge is -2.26. The van der Waals surface area contributed by atoms with E-state index in [0.29, 0.717) is 23.5 Å². The van der Waals surface area contributed by atoms with Crippen LogP contribution in [-0.4, -0.2) is 52.5 Å². The lowest BCUT2D eigenvalue weighted by Crippen LogP contribution is -2.54. The van der Waals surface area contributed by atoms with Crippen molar-refractivity contribution in [3.05, 3.63) is 35.4 Å². The predicted molar refractivity (Wildman–Crippen MR) is 91.5 cm³/mol. The van der Waals surface area contributed by atoms with Crippen LogP contribution in [0.4, 0.5) is 0 Å². The number of benzene rings is 1. The van der Waals surface area contributed by atoms with E-state index in [4.69, 9.17) is 0 Å². The van der Waals surface area contributed by atoms with Gasteiger partial charge in [-0.25, -0.2) is 0 Å². The van der Waals surface area contributed by atoms with Gasteiger partial charge in [0.05, 0.1) is 12.0 Å². The van der Waals surface area contributed by atoms with E-state index in [2.05, 4.69) is 5.32 Å². The molecule has 0 bridgehead atoms. The SMILES string of the molecule is CSCC[C@H](NC(=O)[C@@H]1CS[C@H]2c3ccccc3C(=O)N12)C(=O)[O-]. The number of amides is 2. The van der Waals surface area contributed by atoms with E-state index >= 15 is 0 Å². The third kappa shape index (κ3) is 3.00. The second kappa shape index (κ2) is 7.06. The first-order chi connectivity index (χ1) is 11.5. The van der Waals surface area contributed by atoms with E-state index in [1.165, 1.54) is 23.5 Å². The van der Waals surface area contributed by atoms with Crippen molar-refractivity contribution in [1.82, 2.24) is 10.2 Å². The van der Waals surface area contributed by atoms with Crippen LogP contribution in [-0.2, 0) is 9.59 Å². The summed E-state index contributed by atoms with van der Waals surface area (Å²) < 4.78 is 0. The summed E-state index contributed by atoms with van der Waals surface area (Å²) in [7, 11) is 0. The Morgan fingerprint density at radius 1 is 1.46 bits per heavy atom. The van der Waals surface area contributed by atoms with Crippen molar-refractivity contribution in [3.63, 3.8) is 0 Å². The molecule has 3 rings (SSSR count). The van der Waals surface area contributed by atoms with Crippen molar-refractivity contribution < 1.29 is 19.5 Å². The Bertz CT molecular complexity index is 682. The van der Waals surface area contributed by atoms with Crippen molar-refractivity contribution in [2.45, 2.75) is 23.9 Å². The second-order valence-electron chi connectivity index (χ2n) is 5.66. The molecule has 8 heteroatoms. The molecule has 1 fully saturated rings. The molecule has 128 valence electrons. The molecule has 0 saturated carbocycles. The maximum Gasteiger partial charge on any atom is 0.256 e. The summed E-state index contributed by atoms with van der Waals surface area (Å²) in [5.74, 6) is -0.833. The quantitative estimate of drug-likeness (QED) is 0.777. The van der Waals surface area contributed by atoms with Crippen molar-refractivity contribution in [1.29, 1.82) is 0 Å². The van der Waals surface area contributed by atoms with Gasteiger partial charge in [-0.3, -0.25) is 9.59 Å². The third-order valence-electron chi connectivity index (χ3n) is 4.21. The predicted octanol–water partition coefficient (Wildman–Crippen LogP) is 0.244. The molecule has 0 aromatic heterocycles. The number of rotatable bonds is 6. The average Bonchev–Trinajstić information content (AvgIpc) is 3.12. The van der Waals surface area contributed by atoms with Crippen LogP contribution < -0.4 is 10.4 Å². The lowest BCUT2D eigenvalue weighted by atomic mass is 10.1. The molecule has 0 spiro atoms. The summed E-state index contributed by atoms with van der Waals surface area (Å²) in [4.78, 5) is 37.9. The molecule has 1 saturated heterocycles. The zero-order chi connectivity index (χ0) is 17.3. The highest BCUT2D eigenvalue weighted by Crippen LogP contribution is 2.48. The van der Waals surface area contributed by atoms with Crippen molar-refractivity contribution in [2.75, 3.05) is 17.8 Å². The zero-order valence-electron chi connectivity index (χ0n) is 13.1. The van der Waals surface area contributed by atoms with Gasteiger partial charge in [-0.2, -0.15) is 11.8 Å². The van der Waals surface area contributed by atoms with Gasteiger partial charge in [-0.15, -0.1) is 11.8 Å². The van der Waals surface area contributed by atoms with Gasteiger partial charge in [0.2, 0.25) is 5.91 Å². The van der Waals surface area contributed by atoms with E-state index in [1.54, 1.807) is 17.0 Å². The Morgan fingerprint density at radius 3 is 2.92 bits per heavy atom. The minimum absolute atomic E-state index is 0.169. The molecule has 0 aliphatic carbocycles. The molecule has 0 radical (unpaired) electrons. The Kier molecular flexibility index (Phi) is 5.05. The van der Waals surface area contributed by atoms with Crippen LogP contribution in [0.2, 0.25) is 0 Å². The van der Waals surface area contributed by atoms with Crippen molar-refractivity contribution in [2.24, 2.45) is 0 Å². The van der Waals surface area contributed by atoms with Crippen molar-refractivity contribution >= 4 is 41.3 Å². The summed E-state index contributed by atoms with van der Waals surface area (Å²) in [5.41, 5.74) is 1.54. The molecule has 6 nitrogen and oxygen atoms in total. The Labute approximate surface area is 148 Å². The molecule has 2 aliphatic rings. The molecule has 3 atom stereocenters. The van der Waals surface area contributed by atoms with Crippen LogP contribution in [0.1, 0.15) is 27.7 Å². The van der Waals surface area contributed by atoms with Crippen LogP contribution in [0.15, 0.2) is 24.3 Å². The van der Waals surface area contributed by atoms with Gasteiger partial charge in [0.25, 0.3) is 5.91 Å². The van der Waals surface area contributed by atoms with Gasteiger partial charge < -0.3 is 20.1 Å². The largest absolute Gasteiger partial charge is 0.548 e. The number of fused-ring (bicyclic) bond motifs is 3. The maximum atomic E-state index is 12.6. The fourth-order valence-electron chi connectivity index (χ4n) is 2.99. The van der Waals surface area contributed by atoms with Crippen LogP contribution in [0.3, 0.4) is 0 Å². The molecule has 2 heterocycles. The van der Waals surface area contributed by atoms with E-state index in [0.717, 1.165) is 5.56 Å². The number of nitrogens with one attached hydrogen (secondary N) is 1. The first-order valence-corrected chi connectivity index (χ1v) is 10.0. The molecule has 2 amide bonds. The van der Waals surface area contributed by atoms with Gasteiger partial charge in [-0.1, -0.05) is 18.2 Å². The number of carbonyl (C=O) groups excluding carboxylic acids is 3. The van der Waals surface area contributed by atoms with Crippen LogP contribution in [0, 0.1) is 0 Å². The van der Waals surface area contributed by atoms with Gasteiger partial charge in [0.15, 0.2) is 0 Å². The monoisotopic (exact) mass is 365 g/mol. The molecule has 1 N–H and O–H groups in total. The summed E-state index contributed by atoms with van der Waals surface area (Å²) in [6, 6.07) is 5.64. The molecule has 24 heavy (non-hydrogen) atoms. The summed E-state index contributed by atoms with van der Waals surface area (Å²) in [5, 5.41) is 13.6. The van der Waals surface area contributed by atoms with Crippen LogP contribution in [0.5, 0.6) is 0 Å². The van der Waals surface area contributed by atoms with Crippen LogP contribution >= 0.6 is 23.5 Å². The van der Waals surface area contributed by atoms with E-state index in [9.17, 15) is 19.5 Å². The normalized spacial score (nSPS) is 22.9. The first-order valence-electron chi connectivity index (χ1n) is 7.58. The fourth-order valence-corrected chi connectivity index (χ4v) is 4.93. The highest BCUT2D eigenvalue weighted by Gasteiger charge is 2.48. The summed E-state index contributed by atoms with van der Waals surface area (Å²) >= 11 is 3.03. The zero-order valence-corrected chi connectivity index (χ0v) is 14.7. The standard InChI is InChI=1S/C16H18N2O4S2/c1-23-7-6-11(16(21)22)17-13(19)12-8-24-15-10-5-3-2-4-9(10)14(20)18(12)15/h2-5,11-12,15H,6-8H2,1H3,(H,17,19)(H,21,22)/p-1/t11-,12-,15-/m0/s1. The molecule has 2 aliphatic heterocycles. The lowest BCUT2D eigenvalue weighted by molar-refractivity contribution is -0.308. The van der Waals surface area contributed by atoms with Gasteiger partial charge >= 0.3 is 0 Å². The highest BCUT2D eigenvalue weighted by molar-refractivity contribution is 7.99. The van der Waals surface area contributed by atoms with E-state index < -0.39 is 24.0 Å². The minimum atomic E-state index is -1.30. The number of carboxylic acid groups (broad SMARTS) is 1. The second-order valence-corrected chi connectivity index (χ2v) is 7.76. The van der Waals surface area contributed by atoms with Gasteiger partial charge in [0, 0.05) is 11.3 Å². The van der Waals surface area contributed by atoms with Gasteiger partial charge in [0.1, 0.15) is 11.4 Å². The van der Waals surface area contributed by atoms with E-state index in [1.807, 2.05) is 18.4 Å². The average molecular weight is 365 g/mol. The number of hydrogen-bond donors (Lipinski definition) is 1. The Hall–Kier alpha value is -1.67. The maximum absolute atomic E-state index is 12.6. The Morgan fingerprint density at radius 2 is 2.21 bits per heavy atom. The first kappa shape index (κ1) is 17.2. The topological polar surface area (TPSA) is 89.5 Å². The molecule has 0 unspecified atom stereocenters. The fraction of sp³-hybridized carbons (Fsp3) is 0.438. The number of aliphatic carboxylic acids is 1. The summed E-state index contributed by atoms with van der Waals surface area (Å²) in [6.07, 6.45) is 2.17. The number of nitrogens with zero attached hydrogens (tertiary/aromatic N) is 1. The number of carbonyl (C=O) groups is 3. The summed E-state index contributed by atoms with van der Waals surface area (Å²) in [6.45, 7) is 0. The third-order valence-corrected chi connectivity index (χ3v) is 6.16. The molecule has 1 aromatic rings. The van der Waals surface area contributed by atoms with E-state index in [-0.39, 0.29) is 11.3 Å². The highest BCUT2D eigenvalue weighted by atomic mass is 32.2. The van der Waals surface area contributed by atoms with Crippen molar-refractivity contribution in [3.8, 4) is 0 Å².